The fourth-order valence-corrected chi connectivity index (χ4v) is 4.27. The lowest BCUT2D eigenvalue weighted by Gasteiger charge is -2.21. The molecule has 1 aromatic carbocycles. The maximum atomic E-state index is 6.43. The van der Waals surface area contributed by atoms with Gasteiger partial charge in [-0.2, -0.15) is 0 Å². The molecule has 21 heavy (non-hydrogen) atoms. The molecule has 0 radical (unpaired) electrons. The quantitative estimate of drug-likeness (QED) is 0.640. The summed E-state index contributed by atoms with van der Waals surface area (Å²) in [6, 6.07) is 5.69. The normalized spacial score (nSPS) is 12.4. The average Bonchev–Trinajstić information content (AvgIpc) is 2.88. The van der Waals surface area contributed by atoms with Gasteiger partial charge in [-0.05, 0) is 52.0 Å². The molecule has 0 saturated carbocycles. The van der Waals surface area contributed by atoms with Gasteiger partial charge >= 0.3 is 0 Å². The van der Waals surface area contributed by atoms with Crippen LogP contribution >= 0.6 is 50.5 Å². The van der Waals surface area contributed by atoms with Gasteiger partial charge in [0.1, 0.15) is 5.75 Å². The molecule has 0 fully saturated rings. The maximum absolute atomic E-state index is 6.43. The second-order valence-electron chi connectivity index (χ2n) is 4.53. The Morgan fingerprint density at radius 1 is 1.33 bits per heavy atom. The highest BCUT2D eigenvalue weighted by Gasteiger charge is 2.21. The summed E-state index contributed by atoms with van der Waals surface area (Å²) in [4.78, 5) is 1.19. The molecule has 1 aromatic heterocycles. The van der Waals surface area contributed by atoms with Crippen LogP contribution < -0.4 is 10.1 Å². The standard InChI is InChI=1S/C15H16BrCl2NOS/c1-3-5-19-14(15-10(16)4-6-21-15)9-7-12(18)13(20-2)8-11(9)17/h4,6-8,14,19H,3,5H2,1-2H3. The van der Waals surface area contributed by atoms with Crippen molar-refractivity contribution in [2.75, 3.05) is 13.7 Å². The van der Waals surface area contributed by atoms with Gasteiger partial charge in [0.15, 0.2) is 0 Å². The molecule has 0 aliphatic rings. The summed E-state index contributed by atoms with van der Waals surface area (Å²) in [5, 5.41) is 6.79. The minimum Gasteiger partial charge on any atom is -0.495 e. The second kappa shape index (κ2) is 7.84. The number of nitrogens with one attached hydrogen (secondary N) is 1. The molecule has 2 aromatic rings. The van der Waals surface area contributed by atoms with E-state index in [4.69, 9.17) is 27.9 Å². The van der Waals surface area contributed by atoms with Crippen molar-refractivity contribution >= 4 is 50.5 Å². The number of benzene rings is 1. The zero-order chi connectivity index (χ0) is 15.4. The lowest BCUT2D eigenvalue weighted by molar-refractivity contribution is 0.414. The van der Waals surface area contributed by atoms with Crippen molar-refractivity contribution in [3.8, 4) is 5.75 Å². The van der Waals surface area contributed by atoms with E-state index in [2.05, 4.69) is 33.6 Å². The number of thiophene rings is 1. The topological polar surface area (TPSA) is 21.3 Å². The van der Waals surface area contributed by atoms with Crippen molar-refractivity contribution in [3.63, 3.8) is 0 Å². The molecule has 114 valence electrons. The van der Waals surface area contributed by atoms with Gasteiger partial charge in [-0.25, -0.2) is 0 Å². The van der Waals surface area contributed by atoms with Crippen LogP contribution in [0.2, 0.25) is 10.0 Å². The van der Waals surface area contributed by atoms with Crippen LogP contribution in [0.15, 0.2) is 28.1 Å². The molecule has 1 N–H and O–H groups in total. The maximum Gasteiger partial charge on any atom is 0.138 e. The van der Waals surface area contributed by atoms with Gasteiger partial charge in [-0.15, -0.1) is 11.3 Å². The highest BCUT2D eigenvalue weighted by atomic mass is 79.9. The summed E-state index contributed by atoms with van der Waals surface area (Å²) in [5.74, 6) is 0.588. The third-order valence-electron chi connectivity index (χ3n) is 3.09. The first-order chi connectivity index (χ1) is 10.1. The van der Waals surface area contributed by atoms with Gasteiger partial charge in [0.05, 0.1) is 18.2 Å². The monoisotopic (exact) mass is 407 g/mol. The Kier molecular flexibility index (Phi) is 6.38. The van der Waals surface area contributed by atoms with Gasteiger partial charge in [-0.3, -0.25) is 0 Å². The van der Waals surface area contributed by atoms with E-state index in [9.17, 15) is 0 Å². The Hall–Kier alpha value is -0.260. The fourth-order valence-electron chi connectivity index (χ4n) is 2.07. The van der Waals surface area contributed by atoms with Crippen molar-refractivity contribution in [1.29, 1.82) is 0 Å². The molecule has 1 atom stereocenters. The van der Waals surface area contributed by atoms with Crippen molar-refractivity contribution in [2.45, 2.75) is 19.4 Å². The molecule has 1 unspecified atom stereocenters. The van der Waals surface area contributed by atoms with E-state index < -0.39 is 0 Å². The van der Waals surface area contributed by atoms with Gasteiger partial charge in [0.2, 0.25) is 0 Å². The average molecular weight is 409 g/mol. The molecule has 1 heterocycles. The van der Waals surface area contributed by atoms with E-state index in [-0.39, 0.29) is 6.04 Å². The third-order valence-corrected chi connectivity index (χ3v) is 5.65. The first-order valence-electron chi connectivity index (χ1n) is 6.57. The SMILES string of the molecule is CCCNC(c1cc(Cl)c(OC)cc1Cl)c1sccc1Br. The van der Waals surface area contributed by atoms with Crippen LogP contribution in [-0.2, 0) is 0 Å². The number of methoxy groups -OCH3 is 1. The third kappa shape index (κ3) is 3.93. The summed E-state index contributed by atoms with van der Waals surface area (Å²) in [5.41, 5.74) is 0.957. The highest BCUT2D eigenvalue weighted by molar-refractivity contribution is 9.10. The van der Waals surface area contributed by atoms with Crippen LogP contribution in [0, 0.1) is 0 Å². The van der Waals surface area contributed by atoms with Gasteiger partial charge in [0, 0.05) is 20.4 Å². The van der Waals surface area contributed by atoms with Gasteiger partial charge < -0.3 is 10.1 Å². The molecule has 2 rings (SSSR count). The summed E-state index contributed by atoms with van der Waals surface area (Å²) in [7, 11) is 1.58. The molecule has 0 amide bonds. The Morgan fingerprint density at radius 3 is 2.67 bits per heavy atom. The first-order valence-corrected chi connectivity index (χ1v) is 9.00. The van der Waals surface area contributed by atoms with Crippen LogP contribution in [0.1, 0.15) is 29.8 Å². The molecular formula is C15H16BrCl2NOS. The van der Waals surface area contributed by atoms with E-state index >= 15 is 0 Å². The number of hydrogen-bond donors (Lipinski definition) is 1. The summed E-state index contributed by atoms with van der Waals surface area (Å²) < 4.78 is 6.29. The number of ether oxygens (including phenoxy) is 1. The Labute approximate surface area is 147 Å². The summed E-state index contributed by atoms with van der Waals surface area (Å²) >= 11 is 18.0. The van der Waals surface area contributed by atoms with Gasteiger partial charge in [0.25, 0.3) is 0 Å². The molecule has 6 heteroatoms. The number of hydrogen-bond acceptors (Lipinski definition) is 3. The second-order valence-corrected chi connectivity index (χ2v) is 7.14. The van der Waals surface area contributed by atoms with Crippen LogP contribution in [0.4, 0.5) is 0 Å². The van der Waals surface area contributed by atoms with E-state index in [1.165, 1.54) is 4.88 Å². The smallest absolute Gasteiger partial charge is 0.138 e. The Balaban J connectivity index is 2.46. The van der Waals surface area contributed by atoms with Crippen LogP contribution in [0.3, 0.4) is 0 Å². The molecule has 0 aliphatic carbocycles. The molecular weight excluding hydrogens is 393 g/mol. The minimum atomic E-state index is 0.00947. The Morgan fingerprint density at radius 2 is 2.10 bits per heavy atom. The van der Waals surface area contributed by atoms with E-state index in [0.717, 1.165) is 23.0 Å². The van der Waals surface area contributed by atoms with Crippen LogP contribution in [0.25, 0.3) is 0 Å². The van der Waals surface area contributed by atoms with Crippen LogP contribution in [0.5, 0.6) is 5.75 Å². The first kappa shape index (κ1) is 17.1. The predicted octanol–water partition coefficient (Wildman–Crippen LogP) is 5.92. The van der Waals surface area contributed by atoms with Crippen molar-refractivity contribution in [2.24, 2.45) is 0 Å². The molecule has 0 bridgehead atoms. The predicted molar refractivity (Wildman–Crippen MR) is 95.2 cm³/mol. The highest BCUT2D eigenvalue weighted by Crippen LogP contribution is 2.39. The zero-order valence-corrected chi connectivity index (χ0v) is 15.7. The van der Waals surface area contributed by atoms with Crippen molar-refractivity contribution in [3.05, 3.63) is 48.5 Å². The minimum absolute atomic E-state index is 0.00947. The summed E-state index contributed by atoms with van der Waals surface area (Å²) in [6.45, 7) is 3.03. The molecule has 0 saturated heterocycles. The fraction of sp³-hybridized carbons (Fsp3) is 0.333. The molecule has 0 aliphatic heterocycles. The van der Waals surface area contributed by atoms with E-state index in [0.29, 0.717) is 15.8 Å². The summed E-state index contributed by atoms with van der Waals surface area (Å²) in [6.07, 6.45) is 1.04. The zero-order valence-electron chi connectivity index (χ0n) is 11.8. The largest absolute Gasteiger partial charge is 0.495 e. The van der Waals surface area contributed by atoms with Crippen molar-refractivity contribution < 1.29 is 4.74 Å². The van der Waals surface area contributed by atoms with E-state index in [1.54, 1.807) is 24.5 Å². The lowest BCUT2D eigenvalue weighted by Crippen LogP contribution is -2.23. The van der Waals surface area contributed by atoms with Crippen molar-refractivity contribution in [1.82, 2.24) is 5.32 Å². The lowest BCUT2D eigenvalue weighted by atomic mass is 10.0. The van der Waals surface area contributed by atoms with E-state index in [1.807, 2.05) is 12.1 Å². The Bertz CT molecular complexity index is 618. The number of rotatable bonds is 6. The number of halogens is 3. The molecule has 0 spiro atoms. The van der Waals surface area contributed by atoms with Gasteiger partial charge in [-0.1, -0.05) is 30.1 Å². The van der Waals surface area contributed by atoms with Crippen LogP contribution in [-0.4, -0.2) is 13.7 Å². The molecule has 2 nitrogen and oxygen atoms in total.